The number of hydrogen-bond acceptors (Lipinski definition) is 3. The Morgan fingerprint density at radius 2 is 1.96 bits per heavy atom. The van der Waals surface area contributed by atoms with Gasteiger partial charge in [0.05, 0.1) is 11.7 Å². The maximum absolute atomic E-state index is 12.7. The first-order valence-corrected chi connectivity index (χ1v) is 8.70. The van der Waals surface area contributed by atoms with Crippen LogP contribution in [0.3, 0.4) is 0 Å². The highest BCUT2D eigenvalue weighted by molar-refractivity contribution is 6.04. The van der Waals surface area contributed by atoms with Crippen molar-refractivity contribution in [3.05, 3.63) is 70.1 Å². The fraction of sp³-hybridized carbons (Fsp3) is 0.238. The Morgan fingerprint density at radius 3 is 2.80 bits per heavy atom. The van der Waals surface area contributed by atoms with E-state index in [9.17, 15) is 4.79 Å². The molecule has 2 heterocycles. The summed E-state index contributed by atoms with van der Waals surface area (Å²) in [5.74, 6) is 0.220. The number of aromatic amines is 1. The van der Waals surface area contributed by atoms with E-state index in [0.29, 0.717) is 6.42 Å². The lowest BCUT2D eigenvalue weighted by Crippen LogP contribution is -2.20. The van der Waals surface area contributed by atoms with Crippen LogP contribution in [0, 0.1) is 13.8 Å². The molecule has 124 valence electrons. The summed E-state index contributed by atoms with van der Waals surface area (Å²) in [5, 5.41) is 11.9. The zero-order valence-electron chi connectivity index (χ0n) is 14.3. The number of nitrogens with zero attached hydrogens (tertiary/aromatic N) is 1. The molecule has 1 aliphatic heterocycles. The van der Waals surface area contributed by atoms with E-state index in [-0.39, 0.29) is 11.7 Å². The number of fused-ring (bicyclic) bond motifs is 3. The molecule has 1 aromatic heterocycles. The summed E-state index contributed by atoms with van der Waals surface area (Å²) in [4.78, 5) is 12.7. The van der Waals surface area contributed by atoms with Crippen molar-refractivity contribution in [1.82, 2.24) is 10.2 Å². The Hall–Kier alpha value is -2.88. The van der Waals surface area contributed by atoms with Gasteiger partial charge in [-0.1, -0.05) is 18.2 Å². The standard InChI is InChI=1S/C21H19N3O/c1-11-3-4-13(9-12(11)2)18-19-15(7-8-17(19)25)23-16-6-5-14-10-22-24-21(14)20(16)18/h3-6,9-10,18,23H,7-8H2,1-2H3,(H,22,24). The molecule has 2 N–H and O–H groups in total. The Morgan fingerprint density at radius 1 is 1.08 bits per heavy atom. The molecule has 0 spiro atoms. The quantitative estimate of drug-likeness (QED) is 0.697. The lowest BCUT2D eigenvalue weighted by molar-refractivity contribution is -0.115. The van der Waals surface area contributed by atoms with Crippen molar-refractivity contribution < 1.29 is 4.79 Å². The number of carbonyl (C=O) groups is 1. The molecule has 1 aliphatic carbocycles. The molecule has 0 amide bonds. The smallest absolute Gasteiger partial charge is 0.161 e. The fourth-order valence-electron chi connectivity index (χ4n) is 4.17. The summed E-state index contributed by atoms with van der Waals surface area (Å²) >= 11 is 0. The van der Waals surface area contributed by atoms with Crippen molar-refractivity contribution in [1.29, 1.82) is 0 Å². The van der Waals surface area contributed by atoms with Crippen LogP contribution in [-0.2, 0) is 4.79 Å². The SMILES string of the molecule is Cc1ccc(C2C3=C(CCC3=O)Nc3ccc4cn[nH]c4c32)cc1C. The average Bonchev–Trinajstić information content (AvgIpc) is 3.22. The number of rotatable bonds is 1. The second kappa shape index (κ2) is 5.06. The third-order valence-electron chi connectivity index (χ3n) is 5.61. The van der Waals surface area contributed by atoms with Gasteiger partial charge < -0.3 is 5.32 Å². The van der Waals surface area contributed by atoms with Crippen molar-refractivity contribution in [3.8, 4) is 0 Å². The summed E-state index contributed by atoms with van der Waals surface area (Å²) in [6, 6.07) is 10.7. The van der Waals surface area contributed by atoms with Gasteiger partial charge in [-0.2, -0.15) is 5.10 Å². The van der Waals surface area contributed by atoms with Gasteiger partial charge in [-0.25, -0.2) is 0 Å². The van der Waals surface area contributed by atoms with E-state index in [4.69, 9.17) is 0 Å². The monoisotopic (exact) mass is 329 g/mol. The highest BCUT2D eigenvalue weighted by atomic mass is 16.1. The minimum absolute atomic E-state index is 0.0373. The molecule has 0 saturated heterocycles. The molecule has 1 atom stereocenters. The molecule has 0 radical (unpaired) electrons. The lowest BCUT2D eigenvalue weighted by Gasteiger charge is -2.29. The summed E-state index contributed by atoms with van der Waals surface area (Å²) in [7, 11) is 0. The lowest BCUT2D eigenvalue weighted by atomic mass is 9.79. The van der Waals surface area contributed by atoms with Crippen LogP contribution in [0.1, 0.15) is 41.0 Å². The van der Waals surface area contributed by atoms with E-state index < -0.39 is 0 Å². The molecular formula is C21H19N3O. The number of aromatic nitrogens is 2. The number of hydrogen-bond donors (Lipinski definition) is 2. The van der Waals surface area contributed by atoms with Gasteiger partial charge in [0.1, 0.15) is 0 Å². The van der Waals surface area contributed by atoms with Crippen molar-refractivity contribution in [3.63, 3.8) is 0 Å². The van der Waals surface area contributed by atoms with Crippen LogP contribution in [-0.4, -0.2) is 16.0 Å². The Kier molecular flexibility index (Phi) is 2.93. The summed E-state index contributed by atoms with van der Waals surface area (Å²) in [6.07, 6.45) is 3.24. The van der Waals surface area contributed by atoms with Gasteiger partial charge in [0.2, 0.25) is 0 Å². The number of carbonyl (C=O) groups excluding carboxylic acids is 1. The van der Waals surface area contributed by atoms with Crippen LogP contribution in [0.2, 0.25) is 0 Å². The van der Waals surface area contributed by atoms with Crippen LogP contribution in [0.4, 0.5) is 5.69 Å². The maximum Gasteiger partial charge on any atom is 0.161 e. The normalized spacial score (nSPS) is 19.1. The predicted octanol–water partition coefficient (Wildman–Crippen LogP) is 4.35. The predicted molar refractivity (Wildman–Crippen MR) is 98.7 cm³/mol. The Balaban J connectivity index is 1.83. The van der Waals surface area contributed by atoms with E-state index in [1.807, 2.05) is 6.20 Å². The molecule has 0 bridgehead atoms. The topological polar surface area (TPSA) is 57.8 Å². The fourth-order valence-corrected chi connectivity index (χ4v) is 4.17. The number of aryl methyl sites for hydroxylation is 2. The van der Waals surface area contributed by atoms with E-state index in [0.717, 1.165) is 39.8 Å². The molecule has 2 aromatic carbocycles. The zero-order chi connectivity index (χ0) is 17.1. The number of allylic oxidation sites excluding steroid dienone is 2. The molecule has 3 aromatic rings. The minimum atomic E-state index is -0.0373. The molecule has 2 aliphatic rings. The van der Waals surface area contributed by atoms with Crippen molar-refractivity contribution in [2.24, 2.45) is 0 Å². The second-order valence-electron chi connectivity index (χ2n) is 7.08. The highest BCUT2D eigenvalue weighted by Gasteiger charge is 2.37. The first-order valence-electron chi connectivity index (χ1n) is 8.70. The van der Waals surface area contributed by atoms with Gasteiger partial charge in [0, 0.05) is 40.2 Å². The minimum Gasteiger partial charge on any atom is -0.358 e. The van der Waals surface area contributed by atoms with Gasteiger partial charge in [0.15, 0.2) is 5.78 Å². The van der Waals surface area contributed by atoms with Crippen LogP contribution >= 0.6 is 0 Å². The van der Waals surface area contributed by atoms with Crippen molar-refractivity contribution >= 4 is 22.4 Å². The summed E-state index contributed by atoms with van der Waals surface area (Å²) in [6.45, 7) is 4.25. The van der Waals surface area contributed by atoms with Gasteiger partial charge in [-0.15, -0.1) is 0 Å². The van der Waals surface area contributed by atoms with E-state index in [2.05, 4.69) is 59.7 Å². The van der Waals surface area contributed by atoms with E-state index >= 15 is 0 Å². The van der Waals surface area contributed by atoms with Gasteiger partial charge in [-0.3, -0.25) is 9.89 Å². The van der Waals surface area contributed by atoms with Gasteiger partial charge in [-0.05, 0) is 49.1 Å². The van der Waals surface area contributed by atoms with E-state index in [1.165, 1.54) is 16.7 Å². The number of nitrogens with one attached hydrogen (secondary N) is 2. The van der Waals surface area contributed by atoms with Crippen LogP contribution < -0.4 is 5.32 Å². The third-order valence-corrected chi connectivity index (χ3v) is 5.61. The second-order valence-corrected chi connectivity index (χ2v) is 7.08. The van der Waals surface area contributed by atoms with Gasteiger partial charge >= 0.3 is 0 Å². The molecule has 5 rings (SSSR count). The first-order chi connectivity index (χ1) is 12.1. The molecule has 4 nitrogen and oxygen atoms in total. The van der Waals surface area contributed by atoms with Crippen molar-refractivity contribution in [2.75, 3.05) is 5.32 Å². The zero-order valence-corrected chi connectivity index (χ0v) is 14.3. The van der Waals surface area contributed by atoms with Crippen molar-refractivity contribution in [2.45, 2.75) is 32.6 Å². The summed E-state index contributed by atoms with van der Waals surface area (Å²) in [5.41, 5.74) is 8.93. The van der Waals surface area contributed by atoms with Crippen LogP contribution in [0.15, 0.2) is 47.8 Å². The number of benzene rings is 2. The molecule has 25 heavy (non-hydrogen) atoms. The van der Waals surface area contributed by atoms with Crippen LogP contribution in [0.25, 0.3) is 10.9 Å². The molecule has 4 heteroatoms. The molecular weight excluding hydrogens is 310 g/mol. The molecule has 0 saturated carbocycles. The molecule has 0 fully saturated rings. The molecule has 1 unspecified atom stereocenters. The number of Topliss-reactive ketones (excluding diaryl/α,β-unsaturated/α-hetero) is 1. The average molecular weight is 329 g/mol. The van der Waals surface area contributed by atoms with Gasteiger partial charge in [0.25, 0.3) is 0 Å². The third kappa shape index (κ3) is 2.00. The van der Waals surface area contributed by atoms with E-state index in [1.54, 1.807) is 0 Å². The highest BCUT2D eigenvalue weighted by Crippen LogP contribution is 2.48. The number of H-pyrrole nitrogens is 1. The number of ketones is 1. The van der Waals surface area contributed by atoms with Crippen LogP contribution in [0.5, 0.6) is 0 Å². The first kappa shape index (κ1) is 14.5. The number of anilines is 1. The largest absolute Gasteiger partial charge is 0.358 e. The maximum atomic E-state index is 12.7. The Bertz CT molecular complexity index is 1070. The Labute approximate surface area is 145 Å². The summed E-state index contributed by atoms with van der Waals surface area (Å²) < 4.78 is 0.